The summed E-state index contributed by atoms with van der Waals surface area (Å²) in [6, 6.07) is 4.30. The molecule has 0 spiro atoms. The number of benzene rings is 1. The quantitative estimate of drug-likeness (QED) is 0.646. The van der Waals surface area contributed by atoms with E-state index in [0.29, 0.717) is 18.0 Å². The first-order valence-electron chi connectivity index (χ1n) is 6.39. The first-order chi connectivity index (χ1) is 9.52. The van der Waals surface area contributed by atoms with E-state index in [2.05, 4.69) is 5.32 Å². The summed E-state index contributed by atoms with van der Waals surface area (Å²) in [7, 11) is 1.84. The molecule has 0 bridgehead atoms. The zero-order valence-corrected chi connectivity index (χ0v) is 11.5. The van der Waals surface area contributed by atoms with E-state index in [0.717, 1.165) is 6.54 Å². The Morgan fingerprint density at radius 1 is 1.55 bits per heavy atom. The van der Waals surface area contributed by atoms with Crippen molar-refractivity contribution >= 4 is 17.3 Å². The van der Waals surface area contributed by atoms with Gasteiger partial charge in [0.05, 0.1) is 10.6 Å². The van der Waals surface area contributed by atoms with Gasteiger partial charge >= 0.3 is 0 Å². The first-order valence-corrected chi connectivity index (χ1v) is 6.39. The number of ether oxygens (including phenoxy) is 1. The summed E-state index contributed by atoms with van der Waals surface area (Å²) < 4.78 is 5.31. The van der Waals surface area contributed by atoms with E-state index in [1.807, 2.05) is 14.0 Å². The van der Waals surface area contributed by atoms with Gasteiger partial charge in [-0.3, -0.25) is 14.9 Å². The van der Waals surface area contributed by atoms with Crippen LogP contribution in [0.25, 0.3) is 0 Å². The van der Waals surface area contributed by atoms with Crippen LogP contribution in [0.5, 0.6) is 5.75 Å². The Balaban J connectivity index is 2.31. The lowest BCUT2D eigenvalue weighted by molar-refractivity contribution is -0.384. The Labute approximate surface area is 116 Å². The molecule has 1 heterocycles. The Kier molecular flexibility index (Phi) is 4.19. The standard InChI is InChI=1S/C13H17N3O4/c1-9(6-14-2)7-15-11-5-10(16(18)19)3-4-12(11)20-8-13(15)17/h3-5,9,14H,6-8H2,1-2H3. The molecule has 1 amide bonds. The van der Waals surface area contributed by atoms with Gasteiger partial charge in [-0.15, -0.1) is 0 Å². The molecule has 108 valence electrons. The summed E-state index contributed by atoms with van der Waals surface area (Å²) in [5.74, 6) is 0.557. The van der Waals surface area contributed by atoms with Gasteiger partial charge in [-0.05, 0) is 25.6 Å². The zero-order valence-electron chi connectivity index (χ0n) is 11.5. The minimum Gasteiger partial charge on any atom is -0.482 e. The first kappa shape index (κ1) is 14.3. The molecule has 0 saturated carbocycles. The van der Waals surface area contributed by atoms with Crippen LogP contribution in [0, 0.1) is 16.0 Å². The van der Waals surface area contributed by atoms with Crippen molar-refractivity contribution in [2.45, 2.75) is 6.92 Å². The molecule has 7 nitrogen and oxygen atoms in total. The van der Waals surface area contributed by atoms with Crippen molar-refractivity contribution in [3.63, 3.8) is 0 Å². The van der Waals surface area contributed by atoms with E-state index in [9.17, 15) is 14.9 Å². The number of fused-ring (bicyclic) bond motifs is 1. The maximum absolute atomic E-state index is 12.0. The average molecular weight is 279 g/mol. The highest BCUT2D eigenvalue weighted by Gasteiger charge is 2.28. The number of carbonyl (C=O) groups excluding carboxylic acids is 1. The molecule has 0 fully saturated rings. The number of amides is 1. The Morgan fingerprint density at radius 3 is 2.95 bits per heavy atom. The highest BCUT2D eigenvalue weighted by Crippen LogP contribution is 2.35. The molecule has 7 heteroatoms. The molecule has 1 aromatic rings. The van der Waals surface area contributed by atoms with Crippen molar-refractivity contribution in [3.8, 4) is 5.75 Å². The fourth-order valence-electron chi connectivity index (χ4n) is 2.23. The second-order valence-corrected chi connectivity index (χ2v) is 4.87. The molecule has 1 aliphatic heterocycles. The van der Waals surface area contributed by atoms with Gasteiger partial charge < -0.3 is 15.0 Å². The molecule has 1 aliphatic rings. The number of non-ortho nitro benzene ring substituents is 1. The summed E-state index contributed by atoms with van der Waals surface area (Å²) in [5, 5.41) is 13.9. The van der Waals surface area contributed by atoms with E-state index >= 15 is 0 Å². The maximum atomic E-state index is 12.0. The van der Waals surface area contributed by atoms with Crippen LogP contribution in [-0.2, 0) is 4.79 Å². The number of nitrogens with zero attached hydrogens (tertiary/aromatic N) is 2. The number of nitro benzene ring substituents is 1. The largest absolute Gasteiger partial charge is 0.482 e. The van der Waals surface area contributed by atoms with Crippen LogP contribution in [0.3, 0.4) is 0 Å². The molecular formula is C13H17N3O4. The molecule has 2 rings (SSSR count). The fourth-order valence-corrected chi connectivity index (χ4v) is 2.23. The van der Waals surface area contributed by atoms with Crippen LogP contribution >= 0.6 is 0 Å². The Bertz CT molecular complexity index is 532. The van der Waals surface area contributed by atoms with Crippen molar-refractivity contribution in [1.29, 1.82) is 0 Å². The predicted octanol–water partition coefficient (Wildman–Crippen LogP) is 1.18. The molecule has 1 aromatic carbocycles. The number of hydrogen-bond donors (Lipinski definition) is 1. The van der Waals surface area contributed by atoms with Crippen LogP contribution in [-0.4, -0.2) is 37.6 Å². The number of carbonyl (C=O) groups is 1. The van der Waals surface area contributed by atoms with Gasteiger partial charge in [0.25, 0.3) is 11.6 Å². The van der Waals surface area contributed by atoms with Gasteiger partial charge in [0.15, 0.2) is 6.61 Å². The second-order valence-electron chi connectivity index (χ2n) is 4.87. The third-order valence-corrected chi connectivity index (χ3v) is 3.14. The van der Waals surface area contributed by atoms with Gasteiger partial charge in [0.1, 0.15) is 5.75 Å². The third kappa shape index (κ3) is 2.88. The number of anilines is 1. The van der Waals surface area contributed by atoms with Crippen molar-refractivity contribution < 1.29 is 14.5 Å². The molecule has 1 atom stereocenters. The van der Waals surface area contributed by atoms with Gasteiger partial charge in [-0.1, -0.05) is 6.92 Å². The normalized spacial score (nSPS) is 15.5. The third-order valence-electron chi connectivity index (χ3n) is 3.14. The highest BCUT2D eigenvalue weighted by atomic mass is 16.6. The van der Waals surface area contributed by atoms with Gasteiger partial charge in [0, 0.05) is 18.7 Å². The fraction of sp³-hybridized carbons (Fsp3) is 0.462. The monoisotopic (exact) mass is 279 g/mol. The smallest absolute Gasteiger partial charge is 0.271 e. The molecular weight excluding hydrogens is 262 g/mol. The number of nitrogens with one attached hydrogen (secondary N) is 1. The maximum Gasteiger partial charge on any atom is 0.271 e. The summed E-state index contributed by atoms with van der Waals surface area (Å²) in [6.45, 7) is 3.24. The highest BCUT2D eigenvalue weighted by molar-refractivity contribution is 5.98. The molecule has 1 unspecified atom stereocenters. The van der Waals surface area contributed by atoms with Gasteiger partial charge in [-0.25, -0.2) is 0 Å². The topological polar surface area (TPSA) is 84.7 Å². The van der Waals surface area contributed by atoms with Crippen LogP contribution in [0.15, 0.2) is 18.2 Å². The van der Waals surface area contributed by atoms with Crippen LogP contribution < -0.4 is 15.0 Å². The van der Waals surface area contributed by atoms with Crippen LogP contribution in [0.4, 0.5) is 11.4 Å². The number of nitro groups is 1. The minimum atomic E-state index is -0.478. The molecule has 0 aromatic heterocycles. The van der Waals surface area contributed by atoms with Crippen molar-refractivity contribution in [1.82, 2.24) is 5.32 Å². The van der Waals surface area contributed by atoms with E-state index in [-0.39, 0.29) is 24.1 Å². The van der Waals surface area contributed by atoms with Crippen molar-refractivity contribution in [2.24, 2.45) is 5.92 Å². The van der Waals surface area contributed by atoms with Gasteiger partial charge in [-0.2, -0.15) is 0 Å². The van der Waals surface area contributed by atoms with E-state index in [1.54, 1.807) is 4.90 Å². The van der Waals surface area contributed by atoms with Crippen molar-refractivity contribution in [3.05, 3.63) is 28.3 Å². The molecule has 20 heavy (non-hydrogen) atoms. The van der Waals surface area contributed by atoms with E-state index in [1.165, 1.54) is 18.2 Å². The summed E-state index contributed by atoms with van der Waals surface area (Å²) in [4.78, 5) is 23.9. The zero-order chi connectivity index (χ0) is 14.7. The van der Waals surface area contributed by atoms with E-state index in [4.69, 9.17) is 4.74 Å². The molecule has 0 saturated heterocycles. The average Bonchev–Trinajstić information content (AvgIpc) is 2.41. The second kappa shape index (κ2) is 5.87. The molecule has 1 N–H and O–H groups in total. The summed E-state index contributed by atoms with van der Waals surface area (Å²) in [5.41, 5.74) is 0.423. The van der Waals surface area contributed by atoms with Gasteiger partial charge in [0.2, 0.25) is 0 Å². The summed E-state index contributed by atoms with van der Waals surface area (Å²) >= 11 is 0. The lowest BCUT2D eigenvalue weighted by atomic mass is 10.1. The predicted molar refractivity (Wildman–Crippen MR) is 74.0 cm³/mol. The summed E-state index contributed by atoms with van der Waals surface area (Å²) in [6.07, 6.45) is 0. The van der Waals surface area contributed by atoms with E-state index < -0.39 is 4.92 Å². The SMILES string of the molecule is CNCC(C)CN1C(=O)COc2ccc([N+](=O)[O-])cc21. The Hall–Kier alpha value is -2.15. The lowest BCUT2D eigenvalue weighted by Gasteiger charge is -2.31. The molecule has 0 aliphatic carbocycles. The van der Waals surface area contributed by atoms with Crippen molar-refractivity contribution in [2.75, 3.05) is 31.6 Å². The minimum absolute atomic E-state index is 0.0307. The number of hydrogen-bond acceptors (Lipinski definition) is 5. The van der Waals surface area contributed by atoms with Crippen LogP contribution in [0.2, 0.25) is 0 Å². The lowest BCUT2D eigenvalue weighted by Crippen LogP contribution is -2.42. The van der Waals surface area contributed by atoms with Crippen LogP contribution in [0.1, 0.15) is 6.92 Å². The Morgan fingerprint density at radius 2 is 2.30 bits per heavy atom. The molecule has 0 radical (unpaired) electrons. The number of rotatable bonds is 5.